The molecule has 0 saturated heterocycles. The Morgan fingerprint density at radius 2 is 1.81 bits per heavy atom. The molecule has 3 aromatic rings. The van der Waals surface area contributed by atoms with E-state index >= 15 is 0 Å². The second-order valence-electron chi connectivity index (χ2n) is 5.76. The highest BCUT2D eigenvalue weighted by Gasteiger charge is 2.18. The zero-order chi connectivity index (χ0) is 19.2. The molecule has 0 spiro atoms. The lowest BCUT2D eigenvalue weighted by Crippen LogP contribution is -2.22. The highest BCUT2D eigenvalue weighted by molar-refractivity contribution is 8.02. The van der Waals surface area contributed by atoms with Gasteiger partial charge in [0.1, 0.15) is 5.75 Å². The zero-order valence-corrected chi connectivity index (χ0v) is 16.9. The second kappa shape index (κ2) is 8.88. The Hall–Kier alpha value is -2.58. The summed E-state index contributed by atoms with van der Waals surface area (Å²) in [5, 5.41) is 14.9. The Bertz CT molecular complexity index is 929. The molecule has 2 N–H and O–H groups in total. The van der Waals surface area contributed by atoms with Crippen LogP contribution in [0, 0.1) is 6.92 Å². The molecule has 0 bridgehead atoms. The molecule has 27 heavy (non-hydrogen) atoms. The average Bonchev–Trinajstić information content (AvgIpc) is 3.11. The molecule has 8 heteroatoms. The van der Waals surface area contributed by atoms with Gasteiger partial charge in [0, 0.05) is 5.69 Å². The summed E-state index contributed by atoms with van der Waals surface area (Å²) >= 11 is 2.79. The number of nitrogens with zero attached hydrogens (tertiary/aromatic N) is 2. The van der Waals surface area contributed by atoms with Gasteiger partial charge in [-0.2, -0.15) is 0 Å². The van der Waals surface area contributed by atoms with Gasteiger partial charge >= 0.3 is 0 Å². The van der Waals surface area contributed by atoms with Gasteiger partial charge in [-0.05, 0) is 37.6 Å². The summed E-state index contributed by atoms with van der Waals surface area (Å²) in [4.78, 5) is 12.5. The van der Waals surface area contributed by atoms with Crippen molar-refractivity contribution in [3.63, 3.8) is 0 Å². The van der Waals surface area contributed by atoms with Crippen molar-refractivity contribution in [2.75, 3.05) is 17.7 Å². The van der Waals surface area contributed by atoms with E-state index in [0.717, 1.165) is 15.6 Å². The first-order chi connectivity index (χ1) is 13.1. The molecular formula is C19H20N4O2S2. The molecule has 140 valence electrons. The lowest BCUT2D eigenvalue weighted by Gasteiger charge is -2.12. The van der Waals surface area contributed by atoms with Crippen molar-refractivity contribution in [1.29, 1.82) is 0 Å². The van der Waals surface area contributed by atoms with Crippen molar-refractivity contribution in [3.05, 3.63) is 54.1 Å². The predicted octanol–water partition coefficient (Wildman–Crippen LogP) is 4.72. The predicted molar refractivity (Wildman–Crippen MR) is 111 cm³/mol. The van der Waals surface area contributed by atoms with Crippen molar-refractivity contribution in [2.24, 2.45) is 0 Å². The number of para-hydroxylation sites is 3. The monoisotopic (exact) mass is 400 g/mol. The lowest BCUT2D eigenvalue weighted by atomic mass is 10.2. The molecule has 0 aliphatic carbocycles. The van der Waals surface area contributed by atoms with Crippen LogP contribution >= 0.6 is 23.1 Å². The Kier molecular flexibility index (Phi) is 6.31. The third kappa shape index (κ3) is 4.99. The largest absolute Gasteiger partial charge is 0.495 e. The number of nitrogens with one attached hydrogen (secondary N) is 2. The molecule has 1 atom stereocenters. The first kappa shape index (κ1) is 19.2. The van der Waals surface area contributed by atoms with Crippen molar-refractivity contribution in [3.8, 4) is 5.75 Å². The number of carbonyl (C=O) groups is 1. The fraction of sp³-hybridized carbons (Fsp3) is 0.211. The maximum Gasteiger partial charge on any atom is 0.237 e. The maximum absolute atomic E-state index is 12.5. The first-order valence-corrected chi connectivity index (χ1v) is 10.0. The van der Waals surface area contributed by atoms with Crippen LogP contribution in [-0.4, -0.2) is 28.5 Å². The summed E-state index contributed by atoms with van der Waals surface area (Å²) in [6.07, 6.45) is 0. The molecule has 0 unspecified atom stereocenters. The molecule has 0 radical (unpaired) electrons. The van der Waals surface area contributed by atoms with E-state index < -0.39 is 0 Å². The molecular weight excluding hydrogens is 380 g/mol. The molecule has 0 aliphatic rings. The number of carbonyl (C=O) groups excluding carboxylic acids is 1. The zero-order valence-electron chi connectivity index (χ0n) is 15.2. The second-order valence-corrected chi connectivity index (χ2v) is 8.33. The van der Waals surface area contributed by atoms with Crippen LogP contribution in [0.25, 0.3) is 0 Å². The molecule has 1 amide bonds. The van der Waals surface area contributed by atoms with Crippen molar-refractivity contribution in [1.82, 2.24) is 10.2 Å². The minimum absolute atomic E-state index is 0.117. The van der Waals surface area contributed by atoms with Crippen LogP contribution in [0.4, 0.5) is 16.5 Å². The van der Waals surface area contributed by atoms with Gasteiger partial charge in [0.15, 0.2) is 4.34 Å². The number of hydrogen-bond donors (Lipinski definition) is 2. The molecule has 0 saturated carbocycles. The van der Waals surface area contributed by atoms with E-state index in [1.54, 1.807) is 7.11 Å². The number of hydrogen-bond acceptors (Lipinski definition) is 7. The fourth-order valence-corrected chi connectivity index (χ4v) is 4.23. The smallest absolute Gasteiger partial charge is 0.237 e. The number of amides is 1. The molecule has 1 heterocycles. The fourth-order valence-electron chi connectivity index (χ4n) is 2.32. The van der Waals surface area contributed by atoms with E-state index in [1.807, 2.05) is 62.4 Å². The number of thioether (sulfide) groups is 1. The minimum atomic E-state index is -0.325. The molecule has 2 aromatic carbocycles. The van der Waals surface area contributed by atoms with Crippen LogP contribution < -0.4 is 15.4 Å². The van der Waals surface area contributed by atoms with Crippen LogP contribution in [0.1, 0.15) is 12.5 Å². The highest BCUT2D eigenvalue weighted by Crippen LogP contribution is 2.32. The van der Waals surface area contributed by atoms with Gasteiger partial charge in [-0.25, -0.2) is 0 Å². The van der Waals surface area contributed by atoms with Crippen LogP contribution in [0.5, 0.6) is 5.75 Å². The molecule has 1 aromatic heterocycles. The van der Waals surface area contributed by atoms with Crippen molar-refractivity contribution < 1.29 is 9.53 Å². The quantitative estimate of drug-likeness (QED) is 0.559. The summed E-state index contributed by atoms with van der Waals surface area (Å²) in [5.41, 5.74) is 2.77. The Labute approximate surface area is 166 Å². The molecule has 0 fully saturated rings. The van der Waals surface area contributed by atoms with E-state index in [9.17, 15) is 4.79 Å². The van der Waals surface area contributed by atoms with Crippen LogP contribution in [0.2, 0.25) is 0 Å². The van der Waals surface area contributed by atoms with Crippen LogP contribution in [0.15, 0.2) is 52.9 Å². The van der Waals surface area contributed by atoms with Gasteiger partial charge in [-0.1, -0.05) is 53.4 Å². The van der Waals surface area contributed by atoms with E-state index in [4.69, 9.17) is 4.74 Å². The molecule has 3 rings (SSSR count). The number of methoxy groups -OCH3 is 1. The minimum Gasteiger partial charge on any atom is -0.495 e. The van der Waals surface area contributed by atoms with Crippen LogP contribution in [0.3, 0.4) is 0 Å². The third-order valence-corrected chi connectivity index (χ3v) is 5.83. The standard InChI is InChI=1S/C19H20N4O2S2/c1-12-8-4-5-9-14(12)21-18-22-23-19(27-18)26-13(2)17(24)20-15-10-6-7-11-16(15)25-3/h4-11,13H,1-3H3,(H,20,24)(H,21,22)/t13-/m1/s1. The Balaban J connectivity index is 1.61. The summed E-state index contributed by atoms with van der Waals surface area (Å²) < 4.78 is 5.99. The number of rotatable bonds is 7. The van der Waals surface area contributed by atoms with Crippen molar-refractivity contribution >= 4 is 45.5 Å². The normalized spacial score (nSPS) is 11.7. The lowest BCUT2D eigenvalue weighted by molar-refractivity contribution is -0.115. The van der Waals surface area contributed by atoms with Gasteiger partial charge in [0.05, 0.1) is 18.0 Å². The van der Waals surface area contributed by atoms with Crippen LogP contribution in [-0.2, 0) is 4.79 Å². The first-order valence-electron chi connectivity index (χ1n) is 8.33. The number of aromatic nitrogens is 2. The van der Waals surface area contributed by atoms with Gasteiger partial charge in [0.2, 0.25) is 11.0 Å². The topological polar surface area (TPSA) is 76.1 Å². The van der Waals surface area contributed by atoms with E-state index in [-0.39, 0.29) is 11.2 Å². The van der Waals surface area contributed by atoms with E-state index in [0.29, 0.717) is 16.6 Å². The maximum atomic E-state index is 12.5. The van der Waals surface area contributed by atoms with E-state index in [2.05, 4.69) is 20.8 Å². The number of aryl methyl sites for hydroxylation is 1. The summed E-state index contributed by atoms with van der Waals surface area (Å²) in [6, 6.07) is 15.3. The Morgan fingerprint density at radius 3 is 2.56 bits per heavy atom. The molecule has 0 aliphatic heterocycles. The SMILES string of the molecule is COc1ccccc1NC(=O)[C@@H](C)Sc1nnc(Nc2ccccc2C)s1. The number of ether oxygens (including phenoxy) is 1. The molecule has 6 nitrogen and oxygen atoms in total. The van der Waals surface area contributed by atoms with Gasteiger partial charge < -0.3 is 15.4 Å². The summed E-state index contributed by atoms with van der Waals surface area (Å²) in [7, 11) is 1.58. The van der Waals surface area contributed by atoms with Crippen molar-refractivity contribution in [2.45, 2.75) is 23.4 Å². The third-order valence-electron chi connectivity index (χ3n) is 3.80. The van der Waals surface area contributed by atoms with Gasteiger partial charge in [-0.3, -0.25) is 4.79 Å². The summed E-state index contributed by atoms with van der Waals surface area (Å²) in [6.45, 7) is 3.87. The van der Waals surface area contributed by atoms with Gasteiger partial charge in [0.25, 0.3) is 0 Å². The number of anilines is 3. The van der Waals surface area contributed by atoms with Gasteiger partial charge in [-0.15, -0.1) is 10.2 Å². The van der Waals surface area contributed by atoms with E-state index in [1.165, 1.54) is 23.1 Å². The highest BCUT2D eigenvalue weighted by atomic mass is 32.2. The summed E-state index contributed by atoms with van der Waals surface area (Å²) in [5.74, 6) is 0.511. The Morgan fingerprint density at radius 1 is 1.11 bits per heavy atom. The number of benzene rings is 2. The average molecular weight is 401 g/mol.